The van der Waals surface area contributed by atoms with Gasteiger partial charge in [0.05, 0.1) is 4.90 Å². The summed E-state index contributed by atoms with van der Waals surface area (Å²) in [7, 11) is -1.57. The maximum atomic E-state index is 12.5. The van der Waals surface area contributed by atoms with Gasteiger partial charge >= 0.3 is 0 Å². The summed E-state index contributed by atoms with van der Waals surface area (Å²) in [6.07, 6.45) is 5.15. The molecular formula is C23H31N3O3S. The summed E-state index contributed by atoms with van der Waals surface area (Å²) in [4.78, 5) is 14.4. The van der Waals surface area contributed by atoms with Crippen LogP contribution in [0.25, 0.3) is 0 Å². The van der Waals surface area contributed by atoms with Crippen molar-refractivity contribution < 1.29 is 13.2 Å². The Hall–Kier alpha value is -2.38. The molecule has 0 atom stereocenters. The molecule has 6 nitrogen and oxygen atoms in total. The van der Waals surface area contributed by atoms with Gasteiger partial charge in [0, 0.05) is 38.8 Å². The van der Waals surface area contributed by atoms with E-state index >= 15 is 0 Å². The lowest BCUT2D eigenvalue weighted by Gasteiger charge is -2.19. The van der Waals surface area contributed by atoms with Crippen molar-refractivity contribution in [1.29, 1.82) is 0 Å². The maximum Gasteiger partial charge on any atom is 0.240 e. The van der Waals surface area contributed by atoms with Crippen LogP contribution in [0.2, 0.25) is 0 Å². The van der Waals surface area contributed by atoms with E-state index in [1.807, 2.05) is 43.4 Å². The number of fused-ring (bicyclic) bond motifs is 1. The summed E-state index contributed by atoms with van der Waals surface area (Å²) in [5.74, 6) is -0.148. The van der Waals surface area contributed by atoms with Gasteiger partial charge in [0.1, 0.15) is 0 Å². The first-order chi connectivity index (χ1) is 14.5. The fraction of sp³-hybridized carbons (Fsp3) is 0.435. The van der Waals surface area contributed by atoms with Crippen LogP contribution in [-0.4, -0.2) is 41.0 Å². The predicted molar refractivity (Wildman–Crippen MR) is 120 cm³/mol. The Labute approximate surface area is 179 Å². The van der Waals surface area contributed by atoms with Crippen molar-refractivity contribution in [2.24, 2.45) is 0 Å². The molecule has 0 radical (unpaired) electrons. The van der Waals surface area contributed by atoms with E-state index in [0.717, 1.165) is 49.9 Å². The molecule has 0 saturated carbocycles. The van der Waals surface area contributed by atoms with Crippen LogP contribution in [-0.2, 0) is 27.7 Å². The minimum Gasteiger partial charge on any atom is -0.375 e. The largest absolute Gasteiger partial charge is 0.375 e. The van der Waals surface area contributed by atoms with Gasteiger partial charge in [-0.1, -0.05) is 24.3 Å². The number of benzene rings is 2. The molecule has 30 heavy (non-hydrogen) atoms. The third-order valence-corrected chi connectivity index (χ3v) is 6.92. The van der Waals surface area contributed by atoms with Gasteiger partial charge in [-0.2, -0.15) is 0 Å². The minimum atomic E-state index is -3.59. The fourth-order valence-corrected chi connectivity index (χ4v) is 4.79. The molecule has 1 amide bonds. The quantitative estimate of drug-likeness (QED) is 0.569. The normalized spacial score (nSPS) is 13.5. The molecule has 0 spiro atoms. The molecule has 162 valence electrons. The van der Waals surface area contributed by atoms with Crippen LogP contribution >= 0.6 is 0 Å². The standard InChI is InChI=1S/C23H31N3O3S/c1-26(21-10-3-2-4-11-21)17-7-15-24-23(27)14-16-25-30(28,29)22-13-12-19-8-5-6-9-20(19)18-22/h2-4,10-13,18,25H,5-9,14-17H2,1H3,(H,24,27). The molecule has 7 heteroatoms. The van der Waals surface area contributed by atoms with Gasteiger partial charge in [-0.15, -0.1) is 0 Å². The molecule has 2 aromatic carbocycles. The second kappa shape index (κ2) is 10.6. The highest BCUT2D eigenvalue weighted by atomic mass is 32.2. The summed E-state index contributed by atoms with van der Waals surface area (Å²) in [6, 6.07) is 15.4. The number of sulfonamides is 1. The van der Waals surface area contributed by atoms with E-state index < -0.39 is 10.0 Å². The number of aryl methyl sites for hydroxylation is 2. The minimum absolute atomic E-state index is 0.0924. The molecule has 0 unspecified atom stereocenters. The van der Waals surface area contributed by atoms with Crippen molar-refractivity contribution in [1.82, 2.24) is 10.0 Å². The predicted octanol–water partition coefficient (Wildman–Crippen LogP) is 2.88. The summed E-state index contributed by atoms with van der Waals surface area (Å²) < 4.78 is 27.6. The molecule has 0 aromatic heterocycles. The summed E-state index contributed by atoms with van der Waals surface area (Å²) >= 11 is 0. The van der Waals surface area contributed by atoms with Crippen LogP contribution in [0.5, 0.6) is 0 Å². The first-order valence-electron chi connectivity index (χ1n) is 10.6. The Kier molecular flexibility index (Phi) is 7.87. The van der Waals surface area contributed by atoms with Crippen molar-refractivity contribution >= 4 is 21.6 Å². The molecule has 0 fully saturated rings. The highest BCUT2D eigenvalue weighted by Gasteiger charge is 2.17. The molecule has 1 aliphatic rings. The lowest BCUT2D eigenvalue weighted by Crippen LogP contribution is -2.32. The van der Waals surface area contributed by atoms with Gasteiger partial charge < -0.3 is 10.2 Å². The topological polar surface area (TPSA) is 78.5 Å². The van der Waals surface area contributed by atoms with E-state index in [1.165, 1.54) is 5.56 Å². The Balaban J connectivity index is 1.36. The van der Waals surface area contributed by atoms with Crippen LogP contribution in [0, 0.1) is 0 Å². The Bertz CT molecular complexity index is 945. The number of carbonyl (C=O) groups excluding carboxylic acids is 1. The lowest BCUT2D eigenvalue weighted by atomic mass is 9.92. The second-order valence-corrected chi connectivity index (χ2v) is 9.51. The van der Waals surface area contributed by atoms with E-state index in [-0.39, 0.29) is 23.8 Å². The average molecular weight is 430 g/mol. The zero-order chi connectivity index (χ0) is 21.4. The number of anilines is 1. The van der Waals surface area contributed by atoms with E-state index in [4.69, 9.17) is 0 Å². The third-order valence-electron chi connectivity index (χ3n) is 5.46. The smallest absolute Gasteiger partial charge is 0.240 e. The zero-order valence-electron chi connectivity index (χ0n) is 17.6. The number of hydrogen-bond donors (Lipinski definition) is 2. The Morgan fingerprint density at radius 3 is 2.50 bits per heavy atom. The van der Waals surface area contributed by atoms with Crippen molar-refractivity contribution in [3.05, 3.63) is 59.7 Å². The Morgan fingerprint density at radius 2 is 1.73 bits per heavy atom. The van der Waals surface area contributed by atoms with Gasteiger partial charge in [0.15, 0.2) is 0 Å². The van der Waals surface area contributed by atoms with Crippen molar-refractivity contribution in [2.75, 3.05) is 31.6 Å². The van der Waals surface area contributed by atoms with Crippen LogP contribution in [0.3, 0.4) is 0 Å². The molecule has 2 aromatic rings. The fourth-order valence-electron chi connectivity index (χ4n) is 3.70. The molecule has 2 N–H and O–H groups in total. The average Bonchev–Trinajstić information content (AvgIpc) is 2.76. The summed E-state index contributed by atoms with van der Waals surface area (Å²) in [5, 5.41) is 2.86. The summed E-state index contributed by atoms with van der Waals surface area (Å²) in [6.45, 7) is 1.48. The van der Waals surface area contributed by atoms with Gasteiger partial charge in [0.2, 0.25) is 15.9 Å². The maximum absolute atomic E-state index is 12.5. The number of nitrogens with zero attached hydrogens (tertiary/aromatic N) is 1. The third kappa shape index (κ3) is 6.31. The number of hydrogen-bond acceptors (Lipinski definition) is 4. The highest BCUT2D eigenvalue weighted by molar-refractivity contribution is 7.89. The van der Waals surface area contributed by atoms with Gasteiger partial charge in [-0.3, -0.25) is 4.79 Å². The van der Waals surface area contributed by atoms with E-state index in [9.17, 15) is 13.2 Å². The lowest BCUT2D eigenvalue weighted by molar-refractivity contribution is -0.120. The van der Waals surface area contributed by atoms with Crippen LogP contribution in [0.1, 0.15) is 36.8 Å². The van der Waals surface area contributed by atoms with Crippen molar-refractivity contribution in [2.45, 2.75) is 43.4 Å². The SMILES string of the molecule is CN(CCCNC(=O)CCNS(=O)(=O)c1ccc2c(c1)CCCC2)c1ccccc1. The van der Waals surface area contributed by atoms with Crippen molar-refractivity contribution in [3.63, 3.8) is 0 Å². The first-order valence-corrected chi connectivity index (χ1v) is 12.1. The van der Waals surface area contributed by atoms with E-state index in [0.29, 0.717) is 6.54 Å². The molecule has 0 saturated heterocycles. The first kappa shape index (κ1) is 22.3. The molecule has 0 bridgehead atoms. The second-order valence-electron chi connectivity index (χ2n) is 7.75. The number of carbonyl (C=O) groups is 1. The molecular weight excluding hydrogens is 398 g/mol. The van der Waals surface area contributed by atoms with Crippen LogP contribution in [0.15, 0.2) is 53.4 Å². The summed E-state index contributed by atoms with van der Waals surface area (Å²) in [5.41, 5.74) is 3.51. The highest BCUT2D eigenvalue weighted by Crippen LogP contribution is 2.24. The molecule has 0 aliphatic heterocycles. The number of rotatable bonds is 10. The zero-order valence-corrected chi connectivity index (χ0v) is 18.4. The molecule has 3 rings (SSSR count). The van der Waals surface area contributed by atoms with Crippen LogP contribution < -0.4 is 14.9 Å². The van der Waals surface area contributed by atoms with E-state index in [1.54, 1.807) is 12.1 Å². The number of amides is 1. The van der Waals surface area contributed by atoms with E-state index in [2.05, 4.69) is 14.9 Å². The number of nitrogens with one attached hydrogen (secondary N) is 2. The van der Waals surface area contributed by atoms with Gasteiger partial charge in [-0.25, -0.2) is 13.1 Å². The van der Waals surface area contributed by atoms with Gasteiger partial charge in [-0.05, 0) is 67.5 Å². The number of para-hydroxylation sites is 1. The van der Waals surface area contributed by atoms with Crippen LogP contribution in [0.4, 0.5) is 5.69 Å². The molecule has 1 aliphatic carbocycles. The monoisotopic (exact) mass is 429 g/mol. The molecule has 0 heterocycles. The van der Waals surface area contributed by atoms with Crippen molar-refractivity contribution in [3.8, 4) is 0 Å². The van der Waals surface area contributed by atoms with Gasteiger partial charge in [0.25, 0.3) is 0 Å². The Morgan fingerprint density at radius 1 is 1.00 bits per heavy atom.